The minimum Gasteiger partial charge on any atom is -0.481 e. The molecule has 0 aromatic heterocycles. The molecule has 0 aliphatic carbocycles. The minimum absolute atomic E-state index is 0.131. The van der Waals surface area contributed by atoms with Crippen molar-refractivity contribution in [3.63, 3.8) is 0 Å². The topological polar surface area (TPSA) is 66.6 Å². The molecule has 1 fully saturated rings. The summed E-state index contributed by atoms with van der Waals surface area (Å²) in [6.45, 7) is 5.38. The number of nitrogens with zero attached hydrogens (tertiary/aromatic N) is 1. The third kappa shape index (κ3) is 3.47. The number of rotatable bonds is 4. The van der Waals surface area contributed by atoms with E-state index in [-0.39, 0.29) is 12.0 Å². The Hall–Kier alpha value is -0.610. The van der Waals surface area contributed by atoms with E-state index in [9.17, 15) is 4.79 Å². The van der Waals surface area contributed by atoms with E-state index < -0.39 is 5.97 Å². The number of nitrogens with two attached hydrogens (primary N) is 1. The highest BCUT2D eigenvalue weighted by Gasteiger charge is 2.27. The molecule has 1 rings (SSSR count). The number of hydrogen-bond acceptors (Lipinski definition) is 3. The van der Waals surface area contributed by atoms with Crippen molar-refractivity contribution in [1.82, 2.24) is 4.90 Å². The summed E-state index contributed by atoms with van der Waals surface area (Å²) in [5, 5.41) is 8.88. The van der Waals surface area contributed by atoms with Gasteiger partial charge < -0.3 is 10.8 Å². The van der Waals surface area contributed by atoms with Gasteiger partial charge in [0.25, 0.3) is 0 Å². The Balaban J connectivity index is 2.53. The summed E-state index contributed by atoms with van der Waals surface area (Å²) in [5.41, 5.74) is 5.92. The first-order chi connectivity index (χ1) is 7.02. The Bertz CT molecular complexity index is 219. The van der Waals surface area contributed by atoms with Crippen LogP contribution in [-0.4, -0.2) is 41.1 Å². The average Bonchev–Trinajstić information content (AvgIpc) is 2.18. The molecule has 1 aliphatic rings. The lowest BCUT2D eigenvalue weighted by atomic mass is 9.95. The summed E-state index contributed by atoms with van der Waals surface area (Å²) in [4.78, 5) is 13.0. The van der Waals surface area contributed by atoms with Gasteiger partial charge in [-0.3, -0.25) is 9.69 Å². The standard InChI is InChI=1S/C11H22N2O2/c1-8(11(14)15)7-13-6-4-3-5-10(13)9(2)12/h8-10H,3-7,12H2,1-2H3,(H,14,15). The van der Waals surface area contributed by atoms with Crippen LogP contribution in [0.5, 0.6) is 0 Å². The van der Waals surface area contributed by atoms with Crippen molar-refractivity contribution in [2.24, 2.45) is 11.7 Å². The fourth-order valence-electron chi connectivity index (χ4n) is 2.27. The van der Waals surface area contributed by atoms with Crippen molar-refractivity contribution >= 4 is 5.97 Å². The maximum atomic E-state index is 10.8. The van der Waals surface area contributed by atoms with Gasteiger partial charge in [-0.25, -0.2) is 0 Å². The maximum absolute atomic E-state index is 10.8. The summed E-state index contributed by atoms with van der Waals surface area (Å²) >= 11 is 0. The Morgan fingerprint density at radius 1 is 1.53 bits per heavy atom. The van der Waals surface area contributed by atoms with E-state index in [1.165, 1.54) is 6.42 Å². The molecule has 0 aromatic carbocycles. The van der Waals surface area contributed by atoms with Crippen molar-refractivity contribution < 1.29 is 9.90 Å². The molecule has 0 radical (unpaired) electrons. The van der Waals surface area contributed by atoms with Crippen molar-refractivity contribution in [2.75, 3.05) is 13.1 Å². The van der Waals surface area contributed by atoms with Crippen LogP contribution in [0.25, 0.3) is 0 Å². The zero-order valence-corrected chi connectivity index (χ0v) is 9.65. The van der Waals surface area contributed by atoms with Gasteiger partial charge in [0.2, 0.25) is 0 Å². The summed E-state index contributed by atoms with van der Waals surface area (Å²) in [6, 6.07) is 0.492. The lowest BCUT2D eigenvalue weighted by molar-refractivity contribution is -0.142. The van der Waals surface area contributed by atoms with Crippen LogP contribution in [0.3, 0.4) is 0 Å². The van der Waals surface area contributed by atoms with Gasteiger partial charge in [-0.1, -0.05) is 13.3 Å². The first-order valence-electron chi connectivity index (χ1n) is 5.74. The van der Waals surface area contributed by atoms with Crippen LogP contribution in [-0.2, 0) is 4.79 Å². The second kappa shape index (κ2) is 5.47. The fraction of sp³-hybridized carbons (Fsp3) is 0.909. The molecule has 1 saturated heterocycles. The molecule has 4 nitrogen and oxygen atoms in total. The number of hydrogen-bond donors (Lipinski definition) is 2. The largest absolute Gasteiger partial charge is 0.481 e. The first-order valence-corrected chi connectivity index (χ1v) is 5.74. The van der Waals surface area contributed by atoms with E-state index in [1.54, 1.807) is 6.92 Å². The van der Waals surface area contributed by atoms with Crippen LogP contribution in [0, 0.1) is 5.92 Å². The van der Waals surface area contributed by atoms with E-state index in [2.05, 4.69) is 4.90 Å². The van der Waals surface area contributed by atoms with Crippen LogP contribution in [0.15, 0.2) is 0 Å². The molecule has 0 bridgehead atoms. The second-order valence-electron chi connectivity index (χ2n) is 4.66. The predicted octanol–water partition coefficient (Wildman–Crippen LogP) is 0.909. The van der Waals surface area contributed by atoms with Crippen LogP contribution >= 0.6 is 0 Å². The number of aliphatic carboxylic acids is 1. The van der Waals surface area contributed by atoms with Gasteiger partial charge in [0.1, 0.15) is 0 Å². The predicted molar refractivity (Wildman–Crippen MR) is 59.7 cm³/mol. The molecule has 1 heterocycles. The number of carbonyl (C=O) groups is 1. The lowest BCUT2D eigenvalue weighted by Gasteiger charge is -2.38. The molecular formula is C11H22N2O2. The number of piperidine rings is 1. The van der Waals surface area contributed by atoms with E-state index in [4.69, 9.17) is 10.8 Å². The van der Waals surface area contributed by atoms with E-state index in [0.717, 1.165) is 19.4 Å². The van der Waals surface area contributed by atoms with Gasteiger partial charge in [0, 0.05) is 18.6 Å². The SMILES string of the molecule is CC(CN1CCCCC1C(C)N)C(=O)O. The summed E-state index contributed by atoms with van der Waals surface area (Å²) in [5.74, 6) is -1.02. The number of carboxylic acids is 1. The highest BCUT2D eigenvalue weighted by atomic mass is 16.4. The van der Waals surface area contributed by atoms with Crippen LogP contribution < -0.4 is 5.73 Å². The van der Waals surface area contributed by atoms with Crippen molar-refractivity contribution in [3.05, 3.63) is 0 Å². The highest BCUT2D eigenvalue weighted by molar-refractivity contribution is 5.69. The summed E-state index contributed by atoms with van der Waals surface area (Å²) < 4.78 is 0. The Kier molecular flexibility index (Phi) is 4.54. The zero-order chi connectivity index (χ0) is 11.4. The molecule has 0 aromatic rings. The first kappa shape index (κ1) is 12.5. The average molecular weight is 214 g/mol. The Labute approximate surface area is 91.4 Å². The van der Waals surface area contributed by atoms with E-state index in [1.807, 2.05) is 6.92 Å². The molecule has 3 unspecified atom stereocenters. The van der Waals surface area contributed by atoms with E-state index >= 15 is 0 Å². The normalized spacial score (nSPS) is 27.3. The molecule has 0 spiro atoms. The quantitative estimate of drug-likeness (QED) is 0.730. The van der Waals surface area contributed by atoms with Crippen molar-refractivity contribution in [2.45, 2.75) is 45.2 Å². The zero-order valence-electron chi connectivity index (χ0n) is 9.65. The summed E-state index contributed by atoms with van der Waals surface area (Å²) in [7, 11) is 0. The fourth-order valence-corrected chi connectivity index (χ4v) is 2.27. The highest BCUT2D eigenvalue weighted by Crippen LogP contribution is 2.20. The molecule has 0 saturated carbocycles. The van der Waals surface area contributed by atoms with Gasteiger partial charge in [-0.05, 0) is 26.3 Å². The van der Waals surface area contributed by atoms with Crippen LogP contribution in [0.1, 0.15) is 33.1 Å². The maximum Gasteiger partial charge on any atom is 0.307 e. The monoisotopic (exact) mass is 214 g/mol. The smallest absolute Gasteiger partial charge is 0.307 e. The van der Waals surface area contributed by atoms with Crippen molar-refractivity contribution in [3.8, 4) is 0 Å². The van der Waals surface area contributed by atoms with Crippen LogP contribution in [0.4, 0.5) is 0 Å². The Morgan fingerprint density at radius 3 is 2.73 bits per heavy atom. The number of carboxylic acid groups (broad SMARTS) is 1. The molecule has 88 valence electrons. The minimum atomic E-state index is -0.719. The lowest BCUT2D eigenvalue weighted by Crippen LogP contribution is -2.51. The van der Waals surface area contributed by atoms with E-state index in [0.29, 0.717) is 12.6 Å². The van der Waals surface area contributed by atoms with Gasteiger partial charge in [0.05, 0.1) is 5.92 Å². The number of likely N-dealkylation sites (tertiary alicyclic amines) is 1. The molecule has 3 N–H and O–H groups in total. The molecule has 1 aliphatic heterocycles. The third-order valence-electron chi connectivity index (χ3n) is 3.20. The molecule has 4 heteroatoms. The van der Waals surface area contributed by atoms with Crippen LogP contribution in [0.2, 0.25) is 0 Å². The van der Waals surface area contributed by atoms with Gasteiger partial charge in [-0.15, -0.1) is 0 Å². The second-order valence-corrected chi connectivity index (χ2v) is 4.66. The van der Waals surface area contributed by atoms with Gasteiger partial charge in [-0.2, -0.15) is 0 Å². The molecule has 3 atom stereocenters. The Morgan fingerprint density at radius 2 is 2.20 bits per heavy atom. The molecular weight excluding hydrogens is 192 g/mol. The molecule has 15 heavy (non-hydrogen) atoms. The van der Waals surface area contributed by atoms with Gasteiger partial charge >= 0.3 is 5.97 Å². The molecule has 0 amide bonds. The van der Waals surface area contributed by atoms with Crippen molar-refractivity contribution in [1.29, 1.82) is 0 Å². The third-order valence-corrected chi connectivity index (χ3v) is 3.20. The summed E-state index contributed by atoms with van der Waals surface area (Å²) in [6.07, 6.45) is 3.48. The van der Waals surface area contributed by atoms with Gasteiger partial charge in [0.15, 0.2) is 0 Å².